The zero-order chi connectivity index (χ0) is 13.1. The molecular weight excluding hydrogens is 252 g/mol. The van der Waals surface area contributed by atoms with Gasteiger partial charge in [-0.2, -0.15) is 0 Å². The van der Waals surface area contributed by atoms with Crippen molar-refractivity contribution >= 4 is 27.6 Å². The average Bonchev–Trinajstić information content (AvgIpc) is 2.48. The zero-order valence-electron chi connectivity index (χ0n) is 10.2. The topological polar surface area (TPSA) is 17.1 Å². The van der Waals surface area contributed by atoms with E-state index >= 15 is 0 Å². The van der Waals surface area contributed by atoms with Crippen molar-refractivity contribution in [2.75, 3.05) is 0 Å². The van der Waals surface area contributed by atoms with Crippen molar-refractivity contribution in [3.05, 3.63) is 78.4 Å². The van der Waals surface area contributed by atoms with E-state index in [1.165, 1.54) is 11.8 Å². The highest BCUT2D eigenvalue weighted by atomic mass is 32.2. The van der Waals surface area contributed by atoms with E-state index in [1.807, 2.05) is 72.8 Å². The van der Waals surface area contributed by atoms with Crippen molar-refractivity contribution in [1.82, 2.24) is 0 Å². The van der Waals surface area contributed by atoms with Crippen LogP contribution in [0.25, 0.3) is 10.8 Å². The third-order valence-electron chi connectivity index (χ3n) is 2.94. The lowest BCUT2D eigenvalue weighted by molar-refractivity contribution is 0.108. The molecule has 2 heteroatoms. The second-order valence-electron chi connectivity index (χ2n) is 4.26. The Labute approximate surface area is 116 Å². The van der Waals surface area contributed by atoms with Crippen molar-refractivity contribution in [2.24, 2.45) is 0 Å². The molecule has 0 aliphatic rings. The Morgan fingerprint density at radius 2 is 1.42 bits per heavy atom. The third kappa shape index (κ3) is 2.69. The molecule has 0 N–H and O–H groups in total. The summed E-state index contributed by atoms with van der Waals surface area (Å²) in [4.78, 5) is 13.2. The van der Waals surface area contributed by atoms with Gasteiger partial charge in [0.15, 0.2) is 0 Å². The molecule has 0 saturated heterocycles. The SMILES string of the molecule is O=C(Sc1ccccc1)c1ccc2ccccc2c1. The number of hydrogen-bond donors (Lipinski definition) is 0. The minimum absolute atomic E-state index is 0.0805. The standard InChI is InChI=1S/C17H12OS/c18-17(19-16-8-2-1-3-9-16)15-11-10-13-6-4-5-7-14(13)12-15/h1-12H. The minimum atomic E-state index is 0.0805. The molecule has 19 heavy (non-hydrogen) atoms. The Bertz CT molecular complexity index is 719. The van der Waals surface area contributed by atoms with Gasteiger partial charge in [-0.3, -0.25) is 4.79 Å². The van der Waals surface area contributed by atoms with Gasteiger partial charge >= 0.3 is 0 Å². The summed E-state index contributed by atoms with van der Waals surface area (Å²) in [7, 11) is 0. The van der Waals surface area contributed by atoms with Crippen molar-refractivity contribution in [1.29, 1.82) is 0 Å². The Morgan fingerprint density at radius 1 is 0.737 bits per heavy atom. The smallest absolute Gasteiger partial charge is 0.224 e. The van der Waals surface area contributed by atoms with Crippen LogP contribution in [0.1, 0.15) is 10.4 Å². The Kier molecular flexibility index (Phi) is 3.34. The van der Waals surface area contributed by atoms with E-state index in [0.717, 1.165) is 21.2 Å². The first kappa shape index (κ1) is 12.0. The van der Waals surface area contributed by atoms with Crippen LogP contribution in [0.4, 0.5) is 0 Å². The van der Waals surface area contributed by atoms with E-state index in [0.29, 0.717) is 0 Å². The molecule has 0 bridgehead atoms. The Hall–Kier alpha value is -2.06. The quantitative estimate of drug-likeness (QED) is 0.620. The molecule has 0 aliphatic heterocycles. The van der Waals surface area contributed by atoms with Gasteiger partial charge in [-0.25, -0.2) is 0 Å². The van der Waals surface area contributed by atoms with Crippen LogP contribution in [0.3, 0.4) is 0 Å². The van der Waals surface area contributed by atoms with Gasteiger partial charge in [-0.05, 0) is 46.8 Å². The summed E-state index contributed by atoms with van der Waals surface area (Å²) in [5.74, 6) is 0. The van der Waals surface area contributed by atoms with E-state index < -0.39 is 0 Å². The normalized spacial score (nSPS) is 10.5. The highest BCUT2D eigenvalue weighted by molar-refractivity contribution is 8.14. The minimum Gasteiger partial charge on any atom is -0.281 e. The molecule has 3 rings (SSSR count). The fourth-order valence-electron chi connectivity index (χ4n) is 1.97. The lowest BCUT2D eigenvalue weighted by Crippen LogP contribution is -1.92. The third-order valence-corrected chi connectivity index (χ3v) is 3.87. The molecule has 0 heterocycles. The second-order valence-corrected chi connectivity index (χ2v) is 5.31. The number of benzene rings is 3. The molecule has 1 nitrogen and oxygen atoms in total. The van der Waals surface area contributed by atoms with Gasteiger partial charge in [-0.15, -0.1) is 0 Å². The molecule has 3 aromatic carbocycles. The summed E-state index contributed by atoms with van der Waals surface area (Å²) in [6.07, 6.45) is 0. The van der Waals surface area contributed by atoms with Crippen LogP contribution in [-0.2, 0) is 0 Å². The maximum absolute atomic E-state index is 12.2. The van der Waals surface area contributed by atoms with Crippen LogP contribution in [0.15, 0.2) is 77.7 Å². The van der Waals surface area contributed by atoms with Crippen LogP contribution >= 0.6 is 11.8 Å². The molecule has 3 aromatic rings. The van der Waals surface area contributed by atoms with Gasteiger partial charge < -0.3 is 0 Å². The number of rotatable bonds is 2. The van der Waals surface area contributed by atoms with Crippen LogP contribution < -0.4 is 0 Å². The average molecular weight is 264 g/mol. The molecule has 0 amide bonds. The number of thioether (sulfide) groups is 1. The predicted molar refractivity (Wildman–Crippen MR) is 80.6 cm³/mol. The van der Waals surface area contributed by atoms with Gasteiger partial charge in [0.05, 0.1) is 0 Å². The lowest BCUT2D eigenvalue weighted by atomic mass is 10.1. The first-order chi connectivity index (χ1) is 9.33. The predicted octanol–water partition coefficient (Wildman–Crippen LogP) is 4.77. The Balaban J connectivity index is 1.89. The molecule has 0 spiro atoms. The summed E-state index contributed by atoms with van der Waals surface area (Å²) in [6, 6.07) is 23.6. The van der Waals surface area contributed by atoms with E-state index in [1.54, 1.807) is 0 Å². The number of carbonyl (C=O) groups is 1. The number of fused-ring (bicyclic) bond motifs is 1. The van der Waals surface area contributed by atoms with E-state index in [-0.39, 0.29) is 5.12 Å². The lowest BCUT2D eigenvalue weighted by Gasteiger charge is -2.03. The second kappa shape index (κ2) is 5.29. The molecule has 0 radical (unpaired) electrons. The molecule has 92 valence electrons. The number of hydrogen-bond acceptors (Lipinski definition) is 2. The van der Waals surface area contributed by atoms with Crippen LogP contribution in [0, 0.1) is 0 Å². The van der Waals surface area contributed by atoms with Crippen LogP contribution in [0.2, 0.25) is 0 Å². The maximum atomic E-state index is 12.2. The van der Waals surface area contributed by atoms with Crippen molar-refractivity contribution in [2.45, 2.75) is 4.90 Å². The monoisotopic (exact) mass is 264 g/mol. The van der Waals surface area contributed by atoms with E-state index in [4.69, 9.17) is 0 Å². The highest BCUT2D eigenvalue weighted by Gasteiger charge is 2.08. The largest absolute Gasteiger partial charge is 0.281 e. The molecule has 0 fully saturated rings. The van der Waals surface area contributed by atoms with Gasteiger partial charge in [-0.1, -0.05) is 48.5 Å². The molecule has 0 aliphatic carbocycles. The summed E-state index contributed by atoms with van der Waals surface area (Å²) < 4.78 is 0. The highest BCUT2D eigenvalue weighted by Crippen LogP contribution is 2.24. The van der Waals surface area contributed by atoms with Gasteiger partial charge in [0, 0.05) is 10.5 Å². The van der Waals surface area contributed by atoms with Gasteiger partial charge in [0.25, 0.3) is 0 Å². The van der Waals surface area contributed by atoms with Crippen LogP contribution in [-0.4, -0.2) is 5.12 Å². The molecule has 0 saturated carbocycles. The fourth-order valence-corrected chi connectivity index (χ4v) is 2.72. The first-order valence-electron chi connectivity index (χ1n) is 6.09. The first-order valence-corrected chi connectivity index (χ1v) is 6.90. The van der Waals surface area contributed by atoms with Crippen LogP contribution in [0.5, 0.6) is 0 Å². The summed E-state index contributed by atoms with van der Waals surface area (Å²) in [6.45, 7) is 0. The summed E-state index contributed by atoms with van der Waals surface area (Å²) in [5, 5.41) is 2.34. The van der Waals surface area contributed by atoms with Crippen molar-refractivity contribution in [3.8, 4) is 0 Å². The van der Waals surface area contributed by atoms with Crippen molar-refractivity contribution < 1.29 is 4.79 Å². The molecule has 0 unspecified atom stereocenters. The number of carbonyl (C=O) groups excluding carboxylic acids is 1. The molecular formula is C17H12OS. The van der Waals surface area contributed by atoms with Gasteiger partial charge in [0.1, 0.15) is 0 Å². The maximum Gasteiger partial charge on any atom is 0.224 e. The van der Waals surface area contributed by atoms with Crippen molar-refractivity contribution in [3.63, 3.8) is 0 Å². The summed E-state index contributed by atoms with van der Waals surface area (Å²) in [5.41, 5.74) is 0.743. The fraction of sp³-hybridized carbons (Fsp3) is 0. The molecule has 0 aromatic heterocycles. The summed E-state index contributed by atoms with van der Waals surface area (Å²) >= 11 is 1.27. The van der Waals surface area contributed by atoms with E-state index in [2.05, 4.69) is 0 Å². The zero-order valence-corrected chi connectivity index (χ0v) is 11.1. The molecule has 0 atom stereocenters. The van der Waals surface area contributed by atoms with E-state index in [9.17, 15) is 4.79 Å². The Morgan fingerprint density at radius 3 is 2.21 bits per heavy atom. The van der Waals surface area contributed by atoms with Gasteiger partial charge in [0.2, 0.25) is 5.12 Å².